The normalized spacial score (nSPS) is 11.7. The van der Waals surface area contributed by atoms with E-state index in [1.807, 2.05) is 60.7 Å². The third kappa shape index (κ3) is 2.13. The maximum Gasteiger partial charge on any atom is 0.336 e. The Morgan fingerprint density at radius 2 is 1.29 bits per heavy atom. The summed E-state index contributed by atoms with van der Waals surface area (Å²) < 4.78 is 11.7. The second kappa shape index (κ2) is 5.57. The summed E-state index contributed by atoms with van der Waals surface area (Å²) >= 11 is 0. The molecule has 0 radical (unpaired) electrons. The first-order valence-corrected chi connectivity index (χ1v) is 9.15. The Hall–Kier alpha value is -3.85. The highest BCUT2D eigenvalue weighted by atomic mass is 16.4. The lowest BCUT2D eigenvalue weighted by molar-refractivity contribution is 0.563. The molecule has 0 aliphatic heterocycles. The van der Waals surface area contributed by atoms with Crippen LogP contribution in [0.5, 0.6) is 0 Å². The van der Waals surface area contributed by atoms with E-state index < -0.39 is 0 Å². The molecule has 0 saturated carbocycles. The number of hydrogen-bond donors (Lipinski definition) is 0. The molecule has 0 atom stereocenters. The fourth-order valence-electron chi connectivity index (χ4n) is 4.02. The second-order valence-electron chi connectivity index (χ2n) is 6.95. The van der Waals surface area contributed by atoms with Crippen LogP contribution in [-0.2, 0) is 0 Å². The van der Waals surface area contributed by atoms with Gasteiger partial charge in [-0.25, -0.2) is 4.79 Å². The van der Waals surface area contributed by atoms with Crippen LogP contribution in [0.25, 0.3) is 54.8 Å². The van der Waals surface area contributed by atoms with E-state index in [1.165, 1.54) is 6.07 Å². The maximum atomic E-state index is 12.3. The molecular weight excluding hydrogens is 348 g/mol. The van der Waals surface area contributed by atoms with Crippen molar-refractivity contribution < 1.29 is 8.83 Å². The highest BCUT2D eigenvalue weighted by molar-refractivity contribution is 6.11. The lowest BCUT2D eigenvalue weighted by Crippen LogP contribution is -1.98. The van der Waals surface area contributed by atoms with Crippen molar-refractivity contribution in [2.75, 3.05) is 0 Å². The Morgan fingerprint density at radius 1 is 0.571 bits per heavy atom. The van der Waals surface area contributed by atoms with Gasteiger partial charge in [-0.2, -0.15) is 0 Å². The van der Waals surface area contributed by atoms with Gasteiger partial charge in [-0.15, -0.1) is 0 Å². The van der Waals surface area contributed by atoms with Crippen LogP contribution in [0, 0.1) is 0 Å². The van der Waals surface area contributed by atoms with Gasteiger partial charge in [0, 0.05) is 27.8 Å². The van der Waals surface area contributed by atoms with Crippen molar-refractivity contribution in [1.82, 2.24) is 0 Å². The lowest BCUT2D eigenvalue weighted by Gasteiger charge is -2.05. The van der Waals surface area contributed by atoms with E-state index in [9.17, 15) is 4.79 Å². The molecule has 0 amide bonds. The van der Waals surface area contributed by atoms with Gasteiger partial charge < -0.3 is 8.83 Å². The molecule has 6 rings (SSSR count). The molecule has 3 nitrogen and oxygen atoms in total. The van der Waals surface area contributed by atoms with Crippen LogP contribution < -0.4 is 5.63 Å². The summed E-state index contributed by atoms with van der Waals surface area (Å²) in [5, 5.41) is 6.14. The molecule has 0 aliphatic carbocycles. The zero-order chi connectivity index (χ0) is 18.7. The SMILES string of the molecule is O=c1cc(-c2cc3c(ccc4ccccc43)o2)c2ccc3ccccc3c2o1. The minimum Gasteiger partial charge on any atom is -0.456 e. The number of fused-ring (bicyclic) bond motifs is 6. The molecule has 0 N–H and O–H groups in total. The summed E-state index contributed by atoms with van der Waals surface area (Å²) in [5.41, 5.74) is 1.75. The van der Waals surface area contributed by atoms with Crippen molar-refractivity contribution in [3.8, 4) is 11.3 Å². The predicted octanol–water partition coefficient (Wildman–Crippen LogP) is 6.51. The first kappa shape index (κ1) is 15.2. The fourth-order valence-corrected chi connectivity index (χ4v) is 4.02. The summed E-state index contributed by atoms with van der Waals surface area (Å²) in [5.74, 6) is 0.666. The Kier molecular flexibility index (Phi) is 3.03. The van der Waals surface area contributed by atoms with Crippen LogP contribution in [0.4, 0.5) is 0 Å². The van der Waals surface area contributed by atoms with Crippen molar-refractivity contribution in [1.29, 1.82) is 0 Å². The van der Waals surface area contributed by atoms with Crippen LogP contribution in [-0.4, -0.2) is 0 Å². The van der Waals surface area contributed by atoms with Gasteiger partial charge in [-0.05, 0) is 34.4 Å². The van der Waals surface area contributed by atoms with Crippen molar-refractivity contribution in [3.63, 3.8) is 0 Å². The summed E-state index contributed by atoms with van der Waals surface area (Å²) in [7, 11) is 0. The zero-order valence-corrected chi connectivity index (χ0v) is 14.8. The van der Waals surface area contributed by atoms with E-state index in [4.69, 9.17) is 8.83 Å². The molecule has 0 bridgehead atoms. The van der Waals surface area contributed by atoms with Gasteiger partial charge in [0.25, 0.3) is 0 Å². The van der Waals surface area contributed by atoms with Gasteiger partial charge in [0.1, 0.15) is 16.9 Å². The average molecular weight is 362 g/mol. The van der Waals surface area contributed by atoms with E-state index >= 15 is 0 Å². The van der Waals surface area contributed by atoms with Gasteiger partial charge in [0.2, 0.25) is 0 Å². The minimum absolute atomic E-state index is 0.385. The molecular formula is C25H14O3. The molecule has 0 fully saturated rings. The highest BCUT2D eigenvalue weighted by Gasteiger charge is 2.15. The zero-order valence-electron chi connectivity index (χ0n) is 14.8. The molecule has 28 heavy (non-hydrogen) atoms. The van der Waals surface area contributed by atoms with Crippen LogP contribution in [0.15, 0.2) is 98.6 Å². The number of hydrogen-bond acceptors (Lipinski definition) is 3. The summed E-state index contributed by atoms with van der Waals surface area (Å²) in [6, 6.07) is 27.7. The lowest BCUT2D eigenvalue weighted by atomic mass is 10.0. The average Bonchev–Trinajstić information content (AvgIpc) is 3.18. The number of benzene rings is 4. The predicted molar refractivity (Wildman–Crippen MR) is 113 cm³/mol. The van der Waals surface area contributed by atoms with E-state index in [-0.39, 0.29) is 5.63 Å². The highest BCUT2D eigenvalue weighted by Crippen LogP contribution is 2.36. The van der Waals surface area contributed by atoms with E-state index in [0.29, 0.717) is 11.3 Å². The molecule has 132 valence electrons. The van der Waals surface area contributed by atoms with Gasteiger partial charge in [-0.1, -0.05) is 60.7 Å². The quantitative estimate of drug-likeness (QED) is 0.247. The smallest absolute Gasteiger partial charge is 0.336 e. The van der Waals surface area contributed by atoms with Crippen molar-refractivity contribution >= 4 is 43.5 Å². The fraction of sp³-hybridized carbons (Fsp3) is 0. The maximum absolute atomic E-state index is 12.3. The monoisotopic (exact) mass is 362 g/mol. The molecule has 0 unspecified atom stereocenters. The van der Waals surface area contributed by atoms with Crippen molar-refractivity contribution in [2.45, 2.75) is 0 Å². The van der Waals surface area contributed by atoms with Crippen LogP contribution in [0.2, 0.25) is 0 Å². The van der Waals surface area contributed by atoms with E-state index in [1.54, 1.807) is 0 Å². The largest absolute Gasteiger partial charge is 0.456 e. The Bertz CT molecular complexity index is 1580. The number of furan rings is 1. The first-order chi connectivity index (χ1) is 13.8. The molecule has 0 spiro atoms. The van der Waals surface area contributed by atoms with Gasteiger partial charge >= 0.3 is 5.63 Å². The molecule has 6 aromatic rings. The Labute approximate surface area is 159 Å². The molecule has 2 heterocycles. The topological polar surface area (TPSA) is 43.4 Å². The Morgan fingerprint density at radius 3 is 2.14 bits per heavy atom. The molecule has 4 aromatic carbocycles. The van der Waals surface area contributed by atoms with Crippen LogP contribution >= 0.6 is 0 Å². The summed E-state index contributed by atoms with van der Waals surface area (Å²) in [6.07, 6.45) is 0. The minimum atomic E-state index is -0.385. The molecule has 2 aromatic heterocycles. The summed E-state index contributed by atoms with van der Waals surface area (Å²) in [6.45, 7) is 0. The van der Waals surface area contributed by atoms with Crippen molar-refractivity contribution in [3.05, 3.63) is 95.3 Å². The van der Waals surface area contributed by atoms with Crippen molar-refractivity contribution in [2.24, 2.45) is 0 Å². The third-order valence-electron chi connectivity index (χ3n) is 5.33. The first-order valence-electron chi connectivity index (χ1n) is 9.15. The van der Waals surface area contributed by atoms with Gasteiger partial charge in [-0.3, -0.25) is 0 Å². The van der Waals surface area contributed by atoms with Gasteiger partial charge in [0.15, 0.2) is 0 Å². The number of rotatable bonds is 1. The molecule has 3 heteroatoms. The van der Waals surface area contributed by atoms with Gasteiger partial charge in [0.05, 0.1) is 0 Å². The van der Waals surface area contributed by atoms with Crippen LogP contribution in [0.3, 0.4) is 0 Å². The van der Waals surface area contributed by atoms with Crippen LogP contribution in [0.1, 0.15) is 0 Å². The molecule has 0 saturated heterocycles. The third-order valence-corrected chi connectivity index (χ3v) is 5.33. The molecule has 0 aliphatic rings. The van der Waals surface area contributed by atoms with E-state index in [0.717, 1.165) is 43.5 Å². The van der Waals surface area contributed by atoms with E-state index in [2.05, 4.69) is 18.2 Å². The Balaban J connectivity index is 1.71. The summed E-state index contributed by atoms with van der Waals surface area (Å²) in [4.78, 5) is 12.3. The second-order valence-corrected chi connectivity index (χ2v) is 6.95. The standard InChI is InChI=1S/C25H14O3/c26-24-14-21(19-11-9-16-6-2-4-8-18(16)25(19)28-24)23-13-20-17-7-3-1-5-15(17)10-12-22(20)27-23/h1-14H.